The van der Waals surface area contributed by atoms with Crippen molar-refractivity contribution >= 4 is 35.2 Å². The van der Waals surface area contributed by atoms with Gasteiger partial charge in [0, 0.05) is 17.9 Å². The Kier molecular flexibility index (Phi) is 4.30. The highest BCUT2D eigenvalue weighted by Crippen LogP contribution is 2.47. The molecular formula is C16H18N2O4S. The average molecular weight is 334 g/mol. The zero-order valence-electron chi connectivity index (χ0n) is 12.8. The number of amides is 2. The summed E-state index contributed by atoms with van der Waals surface area (Å²) in [5.74, 6) is -0.417. The first-order chi connectivity index (χ1) is 11.0. The number of esters is 1. The Morgan fingerprint density at radius 1 is 1.39 bits per heavy atom. The standard InChI is InChI=1S/C16H18N2O4S/c1-16-8-7-14(20)18(16)12(10-23-16)15(21)22-9-13(19)17-11-5-3-2-4-6-11/h2-6,12H,7-10H2,1H3,(H,17,19)/t12-,16+/m0/s1. The van der Waals surface area contributed by atoms with Crippen molar-refractivity contribution in [3.05, 3.63) is 30.3 Å². The first-order valence-corrected chi connectivity index (χ1v) is 8.46. The fourth-order valence-corrected chi connectivity index (χ4v) is 4.36. The smallest absolute Gasteiger partial charge is 0.330 e. The van der Waals surface area contributed by atoms with E-state index in [2.05, 4.69) is 5.32 Å². The zero-order chi connectivity index (χ0) is 16.4. The molecule has 2 amide bonds. The summed E-state index contributed by atoms with van der Waals surface area (Å²) >= 11 is 1.60. The van der Waals surface area contributed by atoms with Crippen LogP contribution in [0.15, 0.2) is 30.3 Å². The molecule has 2 saturated heterocycles. The lowest BCUT2D eigenvalue weighted by atomic mass is 10.2. The number of para-hydroxylation sites is 1. The minimum atomic E-state index is -0.593. The summed E-state index contributed by atoms with van der Waals surface area (Å²) in [5.41, 5.74) is 0.646. The predicted molar refractivity (Wildman–Crippen MR) is 86.8 cm³/mol. The van der Waals surface area contributed by atoms with Crippen LogP contribution in [0.4, 0.5) is 5.69 Å². The van der Waals surface area contributed by atoms with Crippen LogP contribution in [0.3, 0.4) is 0 Å². The molecule has 7 heteroatoms. The fraction of sp³-hybridized carbons (Fsp3) is 0.438. The van der Waals surface area contributed by atoms with Crippen molar-refractivity contribution in [2.75, 3.05) is 17.7 Å². The minimum absolute atomic E-state index is 0.0202. The molecule has 0 radical (unpaired) electrons. The summed E-state index contributed by atoms with van der Waals surface area (Å²) in [5, 5.41) is 2.65. The van der Waals surface area contributed by atoms with Crippen molar-refractivity contribution in [3.8, 4) is 0 Å². The van der Waals surface area contributed by atoms with Gasteiger partial charge in [-0.2, -0.15) is 0 Å². The average Bonchev–Trinajstić information content (AvgIpc) is 3.03. The Balaban J connectivity index is 1.54. The molecule has 0 unspecified atom stereocenters. The Bertz CT molecular complexity index is 636. The van der Waals surface area contributed by atoms with E-state index in [1.165, 1.54) is 0 Å². The van der Waals surface area contributed by atoms with E-state index in [4.69, 9.17) is 4.74 Å². The van der Waals surface area contributed by atoms with Crippen LogP contribution in [0.2, 0.25) is 0 Å². The van der Waals surface area contributed by atoms with Gasteiger partial charge in [0.05, 0.1) is 4.87 Å². The molecule has 2 aliphatic heterocycles. The fourth-order valence-electron chi connectivity index (χ4n) is 2.95. The first kappa shape index (κ1) is 15.9. The van der Waals surface area contributed by atoms with E-state index in [9.17, 15) is 14.4 Å². The van der Waals surface area contributed by atoms with Gasteiger partial charge in [0.2, 0.25) is 5.91 Å². The highest BCUT2D eigenvalue weighted by molar-refractivity contribution is 8.01. The minimum Gasteiger partial charge on any atom is -0.454 e. The largest absolute Gasteiger partial charge is 0.454 e. The number of anilines is 1. The summed E-state index contributed by atoms with van der Waals surface area (Å²) in [6, 6.07) is 8.36. The summed E-state index contributed by atoms with van der Waals surface area (Å²) in [4.78, 5) is 37.3. The van der Waals surface area contributed by atoms with Gasteiger partial charge in [-0.3, -0.25) is 9.59 Å². The van der Waals surface area contributed by atoms with Crippen LogP contribution in [0.25, 0.3) is 0 Å². The van der Waals surface area contributed by atoms with E-state index in [-0.39, 0.29) is 17.4 Å². The number of carbonyl (C=O) groups is 3. The van der Waals surface area contributed by atoms with Crippen LogP contribution >= 0.6 is 11.8 Å². The van der Waals surface area contributed by atoms with Crippen molar-refractivity contribution in [2.24, 2.45) is 0 Å². The number of thioether (sulfide) groups is 1. The van der Waals surface area contributed by atoms with Crippen LogP contribution < -0.4 is 5.32 Å². The molecule has 1 aromatic carbocycles. The van der Waals surface area contributed by atoms with Gasteiger partial charge in [0.15, 0.2) is 6.61 Å². The van der Waals surface area contributed by atoms with Crippen molar-refractivity contribution in [3.63, 3.8) is 0 Å². The Morgan fingerprint density at radius 3 is 2.87 bits per heavy atom. The van der Waals surface area contributed by atoms with Crippen LogP contribution in [0.5, 0.6) is 0 Å². The van der Waals surface area contributed by atoms with E-state index in [1.54, 1.807) is 40.9 Å². The van der Waals surface area contributed by atoms with Gasteiger partial charge in [-0.15, -0.1) is 11.8 Å². The third kappa shape index (κ3) is 3.19. The molecule has 122 valence electrons. The number of ether oxygens (including phenoxy) is 1. The number of nitrogens with zero attached hydrogens (tertiary/aromatic N) is 1. The second-order valence-electron chi connectivity index (χ2n) is 5.79. The lowest BCUT2D eigenvalue weighted by Crippen LogP contribution is -2.47. The topological polar surface area (TPSA) is 75.7 Å². The lowest BCUT2D eigenvalue weighted by Gasteiger charge is -2.29. The maximum absolute atomic E-state index is 12.2. The third-order valence-electron chi connectivity index (χ3n) is 4.12. The van der Waals surface area contributed by atoms with Crippen molar-refractivity contribution in [1.29, 1.82) is 0 Å². The number of benzene rings is 1. The number of rotatable bonds is 4. The molecule has 0 bridgehead atoms. The van der Waals surface area contributed by atoms with E-state index in [0.717, 1.165) is 6.42 Å². The number of nitrogens with one attached hydrogen (secondary N) is 1. The normalized spacial score (nSPS) is 26.0. The van der Waals surface area contributed by atoms with E-state index < -0.39 is 17.9 Å². The van der Waals surface area contributed by atoms with E-state index in [1.807, 2.05) is 13.0 Å². The molecule has 0 aliphatic carbocycles. The highest BCUT2D eigenvalue weighted by atomic mass is 32.2. The number of hydrogen-bond acceptors (Lipinski definition) is 5. The molecule has 23 heavy (non-hydrogen) atoms. The van der Waals surface area contributed by atoms with E-state index >= 15 is 0 Å². The number of fused-ring (bicyclic) bond motifs is 1. The molecule has 1 N–H and O–H groups in total. The van der Waals surface area contributed by atoms with Gasteiger partial charge < -0.3 is 15.0 Å². The van der Waals surface area contributed by atoms with Gasteiger partial charge in [-0.25, -0.2) is 4.79 Å². The van der Waals surface area contributed by atoms with Gasteiger partial charge >= 0.3 is 5.97 Å². The lowest BCUT2D eigenvalue weighted by molar-refractivity contribution is -0.155. The molecule has 2 fully saturated rings. The SMILES string of the molecule is C[C@@]12CCC(=O)N1[C@H](C(=O)OCC(=O)Nc1ccccc1)CS2. The third-order valence-corrected chi connectivity index (χ3v) is 5.63. The molecule has 6 nitrogen and oxygen atoms in total. The van der Waals surface area contributed by atoms with Gasteiger partial charge in [0.25, 0.3) is 5.91 Å². The number of hydrogen-bond donors (Lipinski definition) is 1. The molecule has 1 aromatic rings. The van der Waals surface area contributed by atoms with Crippen molar-refractivity contribution in [1.82, 2.24) is 4.90 Å². The molecule has 0 saturated carbocycles. The molecule has 2 aliphatic rings. The zero-order valence-corrected chi connectivity index (χ0v) is 13.6. The van der Waals surface area contributed by atoms with Crippen LogP contribution in [0, 0.1) is 0 Å². The monoisotopic (exact) mass is 334 g/mol. The maximum Gasteiger partial charge on any atom is 0.330 e. The van der Waals surface area contributed by atoms with Crippen molar-refractivity contribution in [2.45, 2.75) is 30.7 Å². The molecule has 2 atom stereocenters. The highest BCUT2D eigenvalue weighted by Gasteiger charge is 2.53. The molecular weight excluding hydrogens is 316 g/mol. The molecule has 0 aromatic heterocycles. The van der Waals surface area contributed by atoms with Crippen LogP contribution in [0.1, 0.15) is 19.8 Å². The second-order valence-corrected chi connectivity index (χ2v) is 7.29. The summed E-state index contributed by atoms with van der Waals surface area (Å²) in [6.07, 6.45) is 1.20. The Hall–Kier alpha value is -2.02. The molecule has 0 spiro atoms. The number of carbonyl (C=O) groups excluding carboxylic acids is 3. The molecule has 3 rings (SSSR count). The van der Waals surface area contributed by atoms with Gasteiger partial charge in [-0.1, -0.05) is 18.2 Å². The van der Waals surface area contributed by atoms with Crippen LogP contribution in [-0.4, -0.2) is 46.0 Å². The Morgan fingerprint density at radius 2 is 2.13 bits per heavy atom. The second kappa shape index (κ2) is 6.23. The maximum atomic E-state index is 12.2. The first-order valence-electron chi connectivity index (χ1n) is 7.47. The quantitative estimate of drug-likeness (QED) is 0.847. The Labute approximate surface area is 138 Å². The van der Waals surface area contributed by atoms with Crippen molar-refractivity contribution < 1.29 is 19.1 Å². The van der Waals surface area contributed by atoms with Crippen LogP contribution in [-0.2, 0) is 19.1 Å². The van der Waals surface area contributed by atoms with Gasteiger partial charge in [0.1, 0.15) is 6.04 Å². The molecule has 2 heterocycles. The summed E-state index contributed by atoms with van der Waals surface area (Å²) in [7, 11) is 0. The van der Waals surface area contributed by atoms with E-state index in [0.29, 0.717) is 17.9 Å². The predicted octanol–water partition coefficient (Wildman–Crippen LogP) is 1.62. The summed E-state index contributed by atoms with van der Waals surface area (Å²) in [6.45, 7) is 1.62. The summed E-state index contributed by atoms with van der Waals surface area (Å²) < 4.78 is 5.10. The van der Waals surface area contributed by atoms with Gasteiger partial charge in [-0.05, 0) is 25.5 Å².